The number of carbonyl (C=O) groups is 1. The third-order valence-corrected chi connectivity index (χ3v) is 5.76. The number of rotatable bonds is 6. The Bertz CT molecular complexity index is 742. The van der Waals surface area contributed by atoms with Crippen LogP contribution in [0.5, 0.6) is 5.75 Å². The maximum Gasteiger partial charge on any atom is 0.250 e. The molecule has 0 spiro atoms. The number of aromatic nitrogens is 2. The van der Waals surface area contributed by atoms with Gasteiger partial charge in [0.25, 0.3) is 5.91 Å². The Morgan fingerprint density at radius 3 is 2.81 bits per heavy atom. The molecule has 7 heteroatoms. The van der Waals surface area contributed by atoms with E-state index < -0.39 is 5.54 Å². The molecule has 1 fully saturated rings. The fourth-order valence-electron chi connectivity index (χ4n) is 3.58. The average molecular weight is 375 g/mol. The zero-order valence-corrected chi connectivity index (χ0v) is 16.4. The molecule has 1 saturated heterocycles. The molecule has 1 aliphatic heterocycles. The van der Waals surface area contributed by atoms with Crippen LogP contribution in [-0.2, 0) is 16.9 Å². The van der Waals surface area contributed by atoms with Crippen LogP contribution in [0.25, 0.3) is 0 Å². The van der Waals surface area contributed by atoms with Gasteiger partial charge < -0.3 is 15.0 Å². The molecule has 0 aliphatic carbocycles. The Hall–Kier alpha value is -1.99. The maximum atomic E-state index is 13.4. The number of hydrogen-bond acceptors (Lipinski definition) is 5. The van der Waals surface area contributed by atoms with E-state index in [1.807, 2.05) is 42.4 Å². The van der Waals surface area contributed by atoms with Gasteiger partial charge >= 0.3 is 0 Å². The van der Waals surface area contributed by atoms with Crippen molar-refractivity contribution in [2.45, 2.75) is 29.8 Å². The number of hydrogen-bond donors (Lipinski definition) is 1. The van der Waals surface area contributed by atoms with Gasteiger partial charge in [-0.05, 0) is 55.9 Å². The molecule has 3 rings (SSSR count). The Balaban J connectivity index is 1.82. The molecule has 1 amide bonds. The Kier molecular flexibility index (Phi) is 5.88. The summed E-state index contributed by atoms with van der Waals surface area (Å²) in [6.45, 7) is 2.17. The molecule has 1 aliphatic rings. The van der Waals surface area contributed by atoms with E-state index in [2.05, 4.69) is 16.5 Å². The van der Waals surface area contributed by atoms with Gasteiger partial charge in [0.15, 0.2) is 0 Å². The topological polar surface area (TPSA) is 59.4 Å². The number of nitrogens with one attached hydrogen (secondary N) is 1. The van der Waals surface area contributed by atoms with Crippen molar-refractivity contribution < 1.29 is 9.53 Å². The monoisotopic (exact) mass is 374 g/mol. The van der Waals surface area contributed by atoms with Crippen molar-refractivity contribution >= 4 is 17.7 Å². The first-order valence-corrected chi connectivity index (χ1v) is 10.0. The fraction of sp³-hybridized carbons (Fsp3) is 0.474. The number of benzene rings is 1. The van der Waals surface area contributed by atoms with Crippen molar-refractivity contribution in [2.75, 3.05) is 33.5 Å². The molecule has 26 heavy (non-hydrogen) atoms. The molecule has 0 bridgehead atoms. The number of amides is 1. The van der Waals surface area contributed by atoms with Gasteiger partial charge in [-0.1, -0.05) is 6.07 Å². The highest BCUT2D eigenvalue weighted by Crippen LogP contribution is 2.31. The molecule has 0 unspecified atom stereocenters. The van der Waals surface area contributed by atoms with Gasteiger partial charge in [-0.25, -0.2) is 0 Å². The highest BCUT2D eigenvalue weighted by Gasteiger charge is 2.43. The van der Waals surface area contributed by atoms with E-state index in [4.69, 9.17) is 4.74 Å². The molecule has 0 saturated carbocycles. The highest BCUT2D eigenvalue weighted by atomic mass is 32.2. The predicted molar refractivity (Wildman–Crippen MR) is 104 cm³/mol. The summed E-state index contributed by atoms with van der Waals surface area (Å²) < 4.78 is 7.30. The fourth-order valence-corrected chi connectivity index (χ4v) is 4.13. The molecule has 6 nitrogen and oxygen atoms in total. The minimum absolute atomic E-state index is 0.107. The number of thioether (sulfide) groups is 1. The van der Waals surface area contributed by atoms with Crippen molar-refractivity contribution in [1.29, 1.82) is 0 Å². The lowest BCUT2D eigenvalue weighted by Gasteiger charge is -2.39. The van der Waals surface area contributed by atoms with E-state index in [0.717, 1.165) is 42.1 Å². The summed E-state index contributed by atoms with van der Waals surface area (Å²) >= 11 is 1.65. The number of methoxy groups -OCH3 is 1. The standard InChI is InChI=1S/C19H26N4O2S/c1-22(14-15-5-6-17(26-3)16(13-15)25-2)18(24)19(7-10-20-11-8-19)23-12-4-9-21-23/h4-6,9,12-13,20H,7-8,10-11,14H2,1-3H3. The number of nitrogens with zero attached hydrogens (tertiary/aromatic N) is 3. The largest absolute Gasteiger partial charge is 0.496 e. The molecule has 140 valence electrons. The summed E-state index contributed by atoms with van der Waals surface area (Å²) in [6, 6.07) is 7.99. The van der Waals surface area contributed by atoms with Gasteiger partial charge in [0.05, 0.1) is 7.11 Å². The van der Waals surface area contributed by atoms with Crippen molar-refractivity contribution in [3.05, 3.63) is 42.2 Å². The van der Waals surface area contributed by atoms with E-state index in [-0.39, 0.29) is 5.91 Å². The van der Waals surface area contributed by atoms with Gasteiger partial charge in [0, 0.05) is 30.9 Å². The van der Waals surface area contributed by atoms with Gasteiger partial charge in [0.2, 0.25) is 0 Å². The second-order valence-corrected chi connectivity index (χ2v) is 7.43. The summed E-state index contributed by atoms with van der Waals surface area (Å²) in [5.74, 6) is 0.954. The van der Waals surface area contributed by atoms with Crippen LogP contribution in [-0.4, -0.2) is 54.1 Å². The molecule has 0 atom stereocenters. The van der Waals surface area contributed by atoms with E-state index >= 15 is 0 Å². The zero-order chi connectivity index (χ0) is 18.6. The van der Waals surface area contributed by atoms with Crippen LogP contribution >= 0.6 is 11.8 Å². The minimum Gasteiger partial charge on any atom is -0.496 e. The van der Waals surface area contributed by atoms with Gasteiger partial charge in [0.1, 0.15) is 11.3 Å². The smallest absolute Gasteiger partial charge is 0.250 e. The van der Waals surface area contributed by atoms with E-state index in [1.165, 1.54) is 0 Å². The first kappa shape index (κ1) is 18.8. The Labute approximate surface area is 158 Å². The first-order valence-electron chi connectivity index (χ1n) is 8.78. The van der Waals surface area contributed by atoms with Crippen LogP contribution < -0.4 is 10.1 Å². The quantitative estimate of drug-likeness (QED) is 0.787. The summed E-state index contributed by atoms with van der Waals surface area (Å²) in [4.78, 5) is 16.3. The molecule has 1 aromatic heterocycles. The van der Waals surface area contributed by atoms with Gasteiger partial charge in [-0.2, -0.15) is 5.10 Å². The predicted octanol–water partition coefficient (Wildman–Crippen LogP) is 2.35. The minimum atomic E-state index is -0.604. The third kappa shape index (κ3) is 3.59. The van der Waals surface area contributed by atoms with Crippen molar-refractivity contribution in [2.24, 2.45) is 0 Å². The average Bonchev–Trinajstić information content (AvgIpc) is 3.23. The number of ether oxygens (including phenoxy) is 1. The zero-order valence-electron chi connectivity index (χ0n) is 15.6. The van der Waals surface area contributed by atoms with E-state index in [9.17, 15) is 4.79 Å². The lowest BCUT2D eigenvalue weighted by atomic mass is 9.86. The number of piperidine rings is 1. The van der Waals surface area contributed by atoms with Crippen molar-refractivity contribution in [3.8, 4) is 5.75 Å². The number of carbonyl (C=O) groups excluding carboxylic acids is 1. The molecule has 2 aromatic rings. The molecule has 1 N–H and O–H groups in total. The summed E-state index contributed by atoms with van der Waals surface area (Å²) in [7, 11) is 3.54. The highest BCUT2D eigenvalue weighted by molar-refractivity contribution is 7.98. The van der Waals surface area contributed by atoms with Crippen LogP contribution in [0.1, 0.15) is 18.4 Å². The number of likely N-dealkylation sites (N-methyl/N-ethyl adjacent to an activating group) is 1. The van der Waals surface area contributed by atoms with Crippen LogP contribution in [0.3, 0.4) is 0 Å². The third-order valence-electron chi connectivity index (χ3n) is 4.99. The lowest BCUT2D eigenvalue weighted by Crippen LogP contribution is -2.54. The second-order valence-electron chi connectivity index (χ2n) is 6.58. The van der Waals surface area contributed by atoms with Gasteiger partial charge in [-0.3, -0.25) is 9.48 Å². The molecule has 2 heterocycles. The van der Waals surface area contributed by atoms with Crippen LogP contribution in [0.15, 0.2) is 41.6 Å². The van der Waals surface area contributed by atoms with E-state index in [0.29, 0.717) is 6.54 Å². The Morgan fingerprint density at radius 1 is 1.42 bits per heavy atom. The first-order chi connectivity index (χ1) is 12.6. The van der Waals surface area contributed by atoms with E-state index in [1.54, 1.807) is 30.0 Å². The van der Waals surface area contributed by atoms with Crippen LogP contribution in [0, 0.1) is 0 Å². The van der Waals surface area contributed by atoms with Crippen LogP contribution in [0.2, 0.25) is 0 Å². The molecular formula is C19H26N4O2S. The summed E-state index contributed by atoms with van der Waals surface area (Å²) in [6.07, 6.45) is 7.15. The lowest BCUT2D eigenvalue weighted by molar-refractivity contribution is -0.142. The maximum absolute atomic E-state index is 13.4. The van der Waals surface area contributed by atoms with Gasteiger partial charge in [-0.15, -0.1) is 11.8 Å². The molecule has 1 aromatic carbocycles. The summed E-state index contributed by atoms with van der Waals surface area (Å²) in [5, 5.41) is 7.73. The molecular weight excluding hydrogens is 348 g/mol. The van der Waals surface area contributed by atoms with Crippen molar-refractivity contribution in [1.82, 2.24) is 20.0 Å². The second kappa shape index (κ2) is 8.14. The van der Waals surface area contributed by atoms with Crippen molar-refractivity contribution in [3.63, 3.8) is 0 Å². The Morgan fingerprint density at radius 2 is 2.19 bits per heavy atom. The normalized spacial score (nSPS) is 16.3. The van der Waals surface area contributed by atoms with Crippen LogP contribution in [0.4, 0.5) is 0 Å². The SMILES string of the molecule is COc1cc(CN(C)C(=O)C2(n3cccn3)CCNCC2)ccc1SC. The molecule has 0 radical (unpaired) electrons. The summed E-state index contributed by atoms with van der Waals surface area (Å²) in [5.41, 5.74) is 0.451.